The Bertz CT molecular complexity index is 897. The van der Waals surface area contributed by atoms with Crippen molar-refractivity contribution in [1.82, 2.24) is 14.7 Å². The fourth-order valence-electron chi connectivity index (χ4n) is 6.22. The van der Waals surface area contributed by atoms with Crippen molar-refractivity contribution < 1.29 is 33.7 Å². The predicted octanol–water partition coefficient (Wildman–Crippen LogP) is 0.581. The van der Waals surface area contributed by atoms with E-state index >= 15 is 0 Å². The molecule has 4 aliphatic heterocycles. The van der Waals surface area contributed by atoms with Crippen LogP contribution < -0.4 is 0 Å². The Morgan fingerprint density at radius 3 is 2.70 bits per heavy atom. The molecule has 0 aromatic carbocycles. The summed E-state index contributed by atoms with van der Waals surface area (Å²) in [6.07, 6.45) is 3.65. The van der Waals surface area contributed by atoms with Gasteiger partial charge in [-0.1, -0.05) is 28.1 Å². The Kier molecular flexibility index (Phi) is 9.11. The topological polar surface area (TPSA) is 109 Å². The first-order valence-electron chi connectivity index (χ1n) is 13.0. The van der Waals surface area contributed by atoms with Crippen molar-refractivity contribution in [3.63, 3.8) is 0 Å². The quantitative estimate of drug-likeness (QED) is 0.154. The van der Waals surface area contributed by atoms with Crippen LogP contribution in [0.3, 0.4) is 0 Å². The van der Waals surface area contributed by atoms with Crippen molar-refractivity contribution in [1.29, 1.82) is 0 Å². The maximum Gasteiger partial charge on any atom is 0.312 e. The summed E-state index contributed by atoms with van der Waals surface area (Å²) in [4.78, 5) is 46.5. The van der Waals surface area contributed by atoms with Gasteiger partial charge in [-0.15, -0.1) is 13.2 Å². The van der Waals surface area contributed by atoms with Gasteiger partial charge >= 0.3 is 5.97 Å². The molecule has 0 radical (unpaired) electrons. The van der Waals surface area contributed by atoms with E-state index < -0.39 is 41.6 Å². The first-order chi connectivity index (χ1) is 17.8. The second kappa shape index (κ2) is 11.9. The Hall–Kier alpha value is -1.79. The van der Waals surface area contributed by atoms with E-state index in [4.69, 9.17) is 14.2 Å². The maximum atomic E-state index is 14.2. The zero-order chi connectivity index (χ0) is 26.7. The molecule has 2 amide bonds. The monoisotopic (exact) mass is 583 g/mol. The van der Waals surface area contributed by atoms with Crippen LogP contribution in [0.2, 0.25) is 0 Å². The number of esters is 1. The molecular weight excluding hydrogens is 546 g/mol. The van der Waals surface area contributed by atoms with Gasteiger partial charge in [-0.05, 0) is 19.8 Å². The van der Waals surface area contributed by atoms with Crippen LogP contribution in [0.15, 0.2) is 25.3 Å². The molecule has 10 nitrogen and oxygen atoms in total. The lowest BCUT2D eigenvalue weighted by Gasteiger charge is -2.39. The second-order valence-electron chi connectivity index (χ2n) is 10.2. The summed E-state index contributed by atoms with van der Waals surface area (Å²) < 4.78 is 17.4. The summed E-state index contributed by atoms with van der Waals surface area (Å²) in [6, 6.07) is -1.59. The predicted molar refractivity (Wildman–Crippen MR) is 139 cm³/mol. The highest BCUT2D eigenvalue weighted by atomic mass is 79.9. The number of amides is 2. The molecule has 3 unspecified atom stereocenters. The normalized spacial score (nSPS) is 33.8. The third-order valence-electron chi connectivity index (χ3n) is 7.99. The number of alkyl halides is 1. The van der Waals surface area contributed by atoms with Crippen molar-refractivity contribution in [2.45, 2.75) is 48.4 Å². The van der Waals surface area contributed by atoms with Crippen molar-refractivity contribution in [3.8, 4) is 0 Å². The summed E-state index contributed by atoms with van der Waals surface area (Å²) in [5.74, 6) is -2.79. The number of fused-ring (bicyclic) bond motifs is 1. The molecule has 1 spiro atoms. The SMILES string of the molecule is C=CCCOC(=O)[C@H]1[C@H]2C(=O)N([C@H](C)CO)C(C(=O)N(CC=C)CCN3CCOCC3)C23CC(Br)[C@@H]1O3. The van der Waals surface area contributed by atoms with E-state index in [1.165, 1.54) is 4.90 Å². The fourth-order valence-corrected chi connectivity index (χ4v) is 7.17. The van der Waals surface area contributed by atoms with Crippen molar-refractivity contribution >= 4 is 33.7 Å². The fraction of sp³-hybridized carbons (Fsp3) is 0.731. The second-order valence-corrected chi connectivity index (χ2v) is 11.4. The zero-order valence-corrected chi connectivity index (χ0v) is 23.0. The molecular formula is C26H38BrN3O7. The molecule has 4 fully saturated rings. The maximum absolute atomic E-state index is 14.2. The number of carbonyl (C=O) groups is 3. The Morgan fingerprint density at radius 2 is 2.05 bits per heavy atom. The third kappa shape index (κ3) is 5.13. The standard InChI is InChI=1S/C26H38BrN3O7/c1-4-6-12-36-25(34)19-20-23(32)30(17(3)16-31)22(26(20)15-18(27)21(19)37-26)24(33)29(7-5-2)9-8-28-10-13-35-14-11-28/h4-5,17-22,31H,1-2,6-16H2,3H3/t17-,18?,19+,20+,21+,22?,26?/m1/s1. The number of aliphatic hydroxyl groups is 1. The van der Waals surface area contributed by atoms with E-state index in [0.29, 0.717) is 45.7 Å². The van der Waals surface area contributed by atoms with Gasteiger partial charge in [0.1, 0.15) is 11.6 Å². The van der Waals surface area contributed by atoms with E-state index in [9.17, 15) is 19.5 Å². The largest absolute Gasteiger partial charge is 0.465 e. The number of likely N-dealkylation sites (tertiary alicyclic amines) is 1. The van der Waals surface area contributed by atoms with Gasteiger partial charge in [-0.2, -0.15) is 0 Å². The number of ether oxygens (including phenoxy) is 3. The Labute approximate surface area is 226 Å². The van der Waals surface area contributed by atoms with Crippen LogP contribution in [0.5, 0.6) is 0 Å². The first kappa shape index (κ1) is 28.2. The van der Waals surface area contributed by atoms with Gasteiger partial charge in [0.2, 0.25) is 11.8 Å². The molecule has 0 saturated carbocycles. The number of rotatable bonds is 12. The van der Waals surface area contributed by atoms with E-state index in [-0.39, 0.29) is 29.9 Å². The van der Waals surface area contributed by atoms with E-state index in [2.05, 4.69) is 34.0 Å². The molecule has 4 aliphatic rings. The number of carbonyl (C=O) groups excluding carboxylic acids is 3. The third-order valence-corrected chi connectivity index (χ3v) is 8.83. The van der Waals surface area contributed by atoms with Gasteiger partial charge in [0.25, 0.3) is 0 Å². The lowest BCUT2D eigenvalue weighted by Crippen LogP contribution is -2.59. The van der Waals surface area contributed by atoms with Crippen LogP contribution in [0, 0.1) is 11.8 Å². The molecule has 11 heteroatoms. The van der Waals surface area contributed by atoms with Crippen LogP contribution in [-0.4, -0.2) is 125 Å². The summed E-state index contributed by atoms with van der Waals surface area (Å²) in [6.45, 7) is 13.4. The average molecular weight is 585 g/mol. The number of hydrogen-bond donors (Lipinski definition) is 1. The summed E-state index contributed by atoms with van der Waals surface area (Å²) in [7, 11) is 0. The van der Waals surface area contributed by atoms with Gasteiger partial charge in [0.05, 0.1) is 50.4 Å². The summed E-state index contributed by atoms with van der Waals surface area (Å²) in [5, 5.41) is 10.0. The van der Waals surface area contributed by atoms with Crippen LogP contribution in [0.4, 0.5) is 0 Å². The van der Waals surface area contributed by atoms with Crippen LogP contribution in [0.1, 0.15) is 19.8 Å². The van der Waals surface area contributed by atoms with Gasteiger partial charge in [0, 0.05) is 37.6 Å². The molecule has 7 atom stereocenters. The van der Waals surface area contributed by atoms with Gasteiger partial charge in [-0.3, -0.25) is 19.3 Å². The van der Waals surface area contributed by atoms with Crippen LogP contribution in [-0.2, 0) is 28.6 Å². The first-order valence-corrected chi connectivity index (χ1v) is 13.9. The molecule has 2 bridgehead atoms. The van der Waals surface area contributed by atoms with Crippen molar-refractivity contribution in [2.24, 2.45) is 11.8 Å². The van der Waals surface area contributed by atoms with Crippen LogP contribution in [0.25, 0.3) is 0 Å². The molecule has 206 valence electrons. The van der Waals surface area contributed by atoms with E-state index in [0.717, 1.165) is 13.1 Å². The molecule has 37 heavy (non-hydrogen) atoms. The molecule has 0 aliphatic carbocycles. The minimum absolute atomic E-state index is 0.167. The highest BCUT2D eigenvalue weighted by Crippen LogP contribution is 2.60. The molecule has 4 saturated heterocycles. The summed E-state index contributed by atoms with van der Waals surface area (Å²) >= 11 is 3.65. The number of aliphatic hydroxyl groups excluding tert-OH is 1. The lowest BCUT2D eigenvalue weighted by molar-refractivity contribution is -0.156. The van der Waals surface area contributed by atoms with E-state index in [1.54, 1.807) is 24.0 Å². The average Bonchev–Trinajstić information content (AvgIpc) is 3.49. The molecule has 0 aromatic rings. The van der Waals surface area contributed by atoms with Gasteiger partial charge < -0.3 is 29.1 Å². The van der Waals surface area contributed by atoms with Gasteiger partial charge in [0.15, 0.2) is 0 Å². The number of morpholine rings is 1. The van der Waals surface area contributed by atoms with E-state index in [1.807, 2.05) is 0 Å². The minimum Gasteiger partial charge on any atom is -0.465 e. The Morgan fingerprint density at radius 1 is 1.32 bits per heavy atom. The zero-order valence-electron chi connectivity index (χ0n) is 21.4. The molecule has 4 rings (SSSR count). The number of nitrogens with zero attached hydrogens (tertiary/aromatic N) is 3. The van der Waals surface area contributed by atoms with Crippen molar-refractivity contribution in [3.05, 3.63) is 25.3 Å². The highest BCUT2D eigenvalue weighted by molar-refractivity contribution is 9.09. The smallest absolute Gasteiger partial charge is 0.312 e. The number of hydrogen-bond acceptors (Lipinski definition) is 8. The molecule has 0 aromatic heterocycles. The highest BCUT2D eigenvalue weighted by Gasteiger charge is 2.77. The molecule has 4 heterocycles. The van der Waals surface area contributed by atoms with Crippen molar-refractivity contribution in [2.75, 3.05) is 59.2 Å². The minimum atomic E-state index is -1.18. The number of halogens is 1. The molecule has 1 N–H and O–H groups in total. The van der Waals surface area contributed by atoms with Gasteiger partial charge in [-0.25, -0.2) is 0 Å². The van der Waals surface area contributed by atoms with Crippen LogP contribution >= 0.6 is 15.9 Å². The summed E-state index contributed by atoms with van der Waals surface area (Å²) in [5.41, 5.74) is -1.18. The lowest BCUT2D eigenvalue weighted by atomic mass is 9.70. The Balaban J connectivity index is 1.64.